The number of hydrogen-bond acceptors (Lipinski definition) is 6. The van der Waals surface area contributed by atoms with Gasteiger partial charge in [-0.05, 0) is 12.1 Å². The van der Waals surface area contributed by atoms with Crippen LogP contribution < -0.4 is 16.4 Å². The monoisotopic (exact) mass is 334 g/mol. The zero-order valence-corrected chi connectivity index (χ0v) is 13.6. The first-order valence-corrected chi connectivity index (χ1v) is 7.76. The van der Waals surface area contributed by atoms with E-state index in [4.69, 9.17) is 10.5 Å². The fourth-order valence-corrected chi connectivity index (χ4v) is 2.57. The fourth-order valence-electron chi connectivity index (χ4n) is 1.84. The Morgan fingerprint density at radius 2 is 2.00 bits per heavy atom. The minimum Gasteiger partial charge on any atom is -0.383 e. The molecule has 2 rings (SSSR count). The average molecular weight is 334 g/mol. The first-order valence-electron chi connectivity index (χ1n) is 6.88. The van der Waals surface area contributed by atoms with Crippen LogP contribution in [-0.2, 0) is 14.3 Å². The molecule has 1 heterocycles. The number of benzene rings is 1. The van der Waals surface area contributed by atoms with Gasteiger partial charge in [0.05, 0.1) is 12.3 Å². The normalized spacial score (nSPS) is 11.8. The summed E-state index contributed by atoms with van der Waals surface area (Å²) in [6, 6.07) is 6.56. The van der Waals surface area contributed by atoms with Crippen molar-refractivity contribution in [2.24, 2.45) is 5.73 Å². The van der Waals surface area contributed by atoms with E-state index in [9.17, 15) is 9.59 Å². The summed E-state index contributed by atoms with van der Waals surface area (Å²) in [6.45, 7) is 1.60. The molecule has 2 amide bonds. The number of nitrogens with one attached hydrogen (secondary N) is 2. The highest BCUT2D eigenvalue weighted by molar-refractivity contribution is 7.14. The second-order valence-corrected chi connectivity index (χ2v) is 5.71. The summed E-state index contributed by atoms with van der Waals surface area (Å²) in [5, 5.41) is 7.67. The van der Waals surface area contributed by atoms with E-state index in [0.29, 0.717) is 5.13 Å². The van der Waals surface area contributed by atoms with Gasteiger partial charge in [0.2, 0.25) is 11.8 Å². The molecule has 7 nitrogen and oxygen atoms in total. The van der Waals surface area contributed by atoms with Crippen molar-refractivity contribution in [1.82, 2.24) is 4.98 Å². The third-order valence-corrected chi connectivity index (χ3v) is 3.68. The summed E-state index contributed by atoms with van der Waals surface area (Å²) in [5.41, 5.74) is 8.00. The van der Waals surface area contributed by atoms with Crippen LogP contribution in [0.15, 0.2) is 29.6 Å². The van der Waals surface area contributed by atoms with Crippen molar-refractivity contribution in [2.45, 2.75) is 13.0 Å². The number of hydrogen-bond donors (Lipinski definition) is 3. The molecule has 1 aromatic heterocycles. The summed E-state index contributed by atoms with van der Waals surface area (Å²) in [4.78, 5) is 27.2. The van der Waals surface area contributed by atoms with Gasteiger partial charge in [-0.2, -0.15) is 0 Å². The summed E-state index contributed by atoms with van der Waals surface area (Å²) in [6.07, 6.45) is 0. The van der Waals surface area contributed by atoms with Gasteiger partial charge < -0.3 is 21.1 Å². The first kappa shape index (κ1) is 17.1. The third-order valence-electron chi connectivity index (χ3n) is 2.92. The third kappa shape index (κ3) is 4.85. The molecule has 8 heteroatoms. The Kier molecular flexibility index (Phi) is 5.80. The maximum atomic E-state index is 11.8. The minimum absolute atomic E-state index is 0.121. The molecule has 1 atom stereocenters. The maximum Gasteiger partial charge on any atom is 0.245 e. The van der Waals surface area contributed by atoms with E-state index in [0.717, 1.165) is 16.9 Å². The lowest BCUT2D eigenvalue weighted by molar-refractivity contribution is -0.118. The molecular weight excluding hydrogens is 316 g/mol. The van der Waals surface area contributed by atoms with Crippen molar-refractivity contribution in [3.63, 3.8) is 0 Å². The molecule has 0 radical (unpaired) electrons. The lowest BCUT2D eigenvalue weighted by atomic mass is 10.1. The van der Waals surface area contributed by atoms with Gasteiger partial charge in [-0.1, -0.05) is 12.1 Å². The second kappa shape index (κ2) is 7.82. The van der Waals surface area contributed by atoms with Crippen LogP contribution in [0.4, 0.5) is 10.8 Å². The van der Waals surface area contributed by atoms with E-state index in [2.05, 4.69) is 15.6 Å². The van der Waals surface area contributed by atoms with E-state index in [1.807, 2.05) is 17.5 Å². The standard InChI is InChI=1S/C15H18N4O3S/c1-9(20)17-11-5-3-10(4-6-11)13-8-23-15(18-13)19-14(21)12(16)7-22-2/h3-6,8,12H,7,16H2,1-2H3,(H,17,20)(H,18,19,21). The van der Waals surface area contributed by atoms with Gasteiger partial charge in [-0.3, -0.25) is 9.59 Å². The van der Waals surface area contributed by atoms with E-state index >= 15 is 0 Å². The van der Waals surface area contributed by atoms with Crippen LogP contribution in [0.3, 0.4) is 0 Å². The SMILES string of the molecule is COCC(N)C(=O)Nc1nc(-c2ccc(NC(C)=O)cc2)cs1. The quantitative estimate of drug-likeness (QED) is 0.745. The maximum absolute atomic E-state index is 11.8. The lowest BCUT2D eigenvalue weighted by Gasteiger charge is -2.08. The van der Waals surface area contributed by atoms with Crippen molar-refractivity contribution in [1.29, 1.82) is 0 Å². The van der Waals surface area contributed by atoms with Crippen LogP contribution in [-0.4, -0.2) is 36.6 Å². The number of aromatic nitrogens is 1. The molecule has 0 saturated carbocycles. The van der Waals surface area contributed by atoms with Gasteiger partial charge in [0.1, 0.15) is 6.04 Å². The van der Waals surface area contributed by atoms with Crippen molar-refractivity contribution >= 4 is 34.0 Å². The molecule has 0 saturated heterocycles. The zero-order valence-electron chi connectivity index (χ0n) is 12.8. The highest BCUT2D eigenvalue weighted by Gasteiger charge is 2.15. The van der Waals surface area contributed by atoms with Crippen molar-refractivity contribution in [2.75, 3.05) is 24.4 Å². The molecular formula is C15H18N4O3S. The molecule has 4 N–H and O–H groups in total. The molecule has 23 heavy (non-hydrogen) atoms. The Morgan fingerprint density at radius 3 is 2.61 bits per heavy atom. The molecule has 0 fully saturated rings. The van der Waals surface area contributed by atoms with E-state index in [1.165, 1.54) is 25.4 Å². The first-order chi connectivity index (χ1) is 11.0. The summed E-state index contributed by atoms with van der Waals surface area (Å²) in [7, 11) is 1.49. The Morgan fingerprint density at radius 1 is 1.30 bits per heavy atom. The molecule has 1 unspecified atom stereocenters. The van der Waals surface area contributed by atoms with Crippen LogP contribution in [0, 0.1) is 0 Å². The number of carbonyl (C=O) groups is 2. The van der Waals surface area contributed by atoms with Crippen LogP contribution in [0.2, 0.25) is 0 Å². The van der Waals surface area contributed by atoms with Gasteiger partial charge in [-0.15, -0.1) is 11.3 Å². The number of nitrogens with two attached hydrogens (primary N) is 1. The molecule has 122 valence electrons. The predicted octanol–water partition coefficient (Wildman–Crippen LogP) is 1.68. The Labute approximate surface area is 137 Å². The molecule has 0 aliphatic rings. The number of thiazole rings is 1. The topological polar surface area (TPSA) is 106 Å². The van der Waals surface area contributed by atoms with Crippen LogP contribution in [0.25, 0.3) is 11.3 Å². The number of ether oxygens (including phenoxy) is 1. The smallest absolute Gasteiger partial charge is 0.245 e. The highest BCUT2D eigenvalue weighted by Crippen LogP contribution is 2.26. The summed E-state index contributed by atoms with van der Waals surface area (Å²) >= 11 is 1.31. The van der Waals surface area contributed by atoms with Crippen LogP contribution >= 0.6 is 11.3 Å². The molecule has 0 aliphatic heterocycles. The van der Waals surface area contributed by atoms with E-state index < -0.39 is 6.04 Å². The van der Waals surface area contributed by atoms with Gasteiger partial charge in [-0.25, -0.2) is 4.98 Å². The molecule has 0 bridgehead atoms. The van der Waals surface area contributed by atoms with Crippen molar-refractivity contribution in [3.05, 3.63) is 29.6 Å². The molecule has 0 aliphatic carbocycles. The number of rotatable bonds is 6. The summed E-state index contributed by atoms with van der Waals surface area (Å²) in [5.74, 6) is -0.461. The Balaban J connectivity index is 2.04. The second-order valence-electron chi connectivity index (χ2n) is 4.85. The Bertz CT molecular complexity index is 684. The van der Waals surface area contributed by atoms with Gasteiger partial charge in [0, 0.05) is 30.7 Å². The highest BCUT2D eigenvalue weighted by atomic mass is 32.1. The Hall–Kier alpha value is -2.29. The van der Waals surface area contributed by atoms with Crippen molar-refractivity contribution < 1.29 is 14.3 Å². The van der Waals surface area contributed by atoms with E-state index in [-0.39, 0.29) is 18.4 Å². The fraction of sp³-hybridized carbons (Fsp3) is 0.267. The van der Waals surface area contributed by atoms with Gasteiger partial charge in [0.15, 0.2) is 5.13 Å². The molecule has 0 spiro atoms. The summed E-state index contributed by atoms with van der Waals surface area (Å²) < 4.78 is 4.84. The van der Waals surface area contributed by atoms with Gasteiger partial charge in [0.25, 0.3) is 0 Å². The number of carbonyl (C=O) groups excluding carboxylic acids is 2. The van der Waals surface area contributed by atoms with Gasteiger partial charge >= 0.3 is 0 Å². The predicted molar refractivity (Wildman–Crippen MR) is 90.3 cm³/mol. The zero-order chi connectivity index (χ0) is 16.8. The molecule has 2 aromatic rings. The number of methoxy groups -OCH3 is 1. The minimum atomic E-state index is -0.732. The van der Waals surface area contributed by atoms with E-state index in [1.54, 1.807) is 12.1 Å². The molecule has 1 aromatic carbocycles. The van der Waals surface area contributed by atoms with Crippen LogP contribution in [0.1, 0.15) is 6.92 Å². The average Bonchev–Trinajstić information content (AvgIpc) is 2.96. The number of amides is 2. The number of anilines is 2. The number of nitrogens with zero attached hydrogens (tertiary/aromatic N) is 1. The largest absolute Gasteiger partial charge is 0.383 e. The van der Waals surface area contributed by atoms with Crippen LogP contribution in [0.5, 0.6) is 0 Å². The van der Waals surface area contributed by atoms with Crippen molar-refractivity contribution in [3.8, 4) is 11.3 Å². The lowest BCUT2D eigenvalue weighted by Crippen LogP contribution is -2.39.